The molecule has 0 heterocycles. The molecule has 0 amide bonds. The van der Waals surface area contributed by atoms with E-state index >= 15 is 0 Å². The first-order valence-electron chi connectivity index (χ1n) is 22.4. The zero-order valence-electron chi connectivity index (χ0n) is 35.8. The molecule has 0 bridgehead atoms. The second-order valence-electron chi connectivity index (χ2n) is 16.8. The molecule has 1 heteroatoms. The summed E-state index contributed by atoms with van der Waals surface area (Å²) < 4.78 is 0. The fourth-order valence-corrected chi connectivity index (χ4v) is 9.96. The van der Waals surface area contributed by atoms with Crippen molar-refractivity contribution in [3.8, 4) is 55.6 Å². The maximum atomic E-state index is 2.38. The van der Waals surface area contributed by atoms with Crippen molar-refractivity contribution in [2.75, 3.05) is 4.90 Å². The van der Waals surface area contributed by atoms with Crippen LogP contribution in [0.15, 0.2) is 261 Å². The monoisotopic (exact) mass is 825 g/mol. The zero-order valence-corrected chi connectivity index (χ0v) is 35.8. The third-order valence-electron chi connectivity index (χ3n) is 13.1. The Morgan fingerprint density at radius 1 is 0.215 bits per heavy atom. The summed E-state index contributed by atoms with van der Waals surface area (Å²) in [6.07, 6.45) is 0. The van der Waals surface area contributed by atoms with E-state index in [1.165, 1.54) is 98.7 Å². The van der Waals surface area contributed by atoms with Gasteiger partial charge in [0.2, 0.25) is 0 Å². The van der Waals surface area contributed by atoms with E-state index in [-0.39, 0.29) is 0 Å². The van der Waals surface area contributed by atoms with E-state index in [0.29, 0.717) is 0 Å². The van der Waals surface area contributed by atoms with E-state index in [9.17, 15) is 0 Å². The maximum absolute atomic E-state index is 2.38. The van der Waals surface area contributed by atoms with Crippen LogP contribution in [0, 0.1) is 0 Å². The Hall–Kier alpha value is -8.52. The van der Waals surface area contributed by atoms with Crippen molar-refractivity contribution in [3.63, 3.8) is 0 Å². The highest BCUT2D eigenvalue weighted by atomic mass is 15.1. The van der Waals surface area contributed by atoms with Crippen LogP contribution in [-0.4, -0.2) is 0 Å². The Labute approximate surface area is 379 Å². The predicted molar refractivity (Wildman–Crippen MR) is 278 cm³/mol. The number of hydrogen-bond acceptors (Lipinski definition) is 1. The van der Waals surface area contributed by atoms with Crippen LogP contribution < -0.4 is 4.90 Å². The summed E-state index contributed by atoms with van der Waals surface area (Å²) in [5.74, 6) is 0. The molecule has 0 saturated carbocycles. The lowest BCUT2D eigenvalue weighted by Crippen LogP contribution is -2.09. The van der Waals surface area contributed by atoms with Gasteiger partial charge in [-0.15, -0.1) is 0 Å². The number of fused-ring (bicyclic) bond motifs is 7. The molecule has 0 atom stereocenters. The molecule has 65 heavy (non-hydrogen) atoms. The Bertz CT molecular complexity index is 3620. The van der Waals surface area contributed by atoms with Crippen LogP contribution >= 0.6 is 0 Å². The molecule has 0 aliphatic carbocycles. The summed E-state index contributed by atoms with van der Waals surface area (Å²) >= 11 is 0. The third-order valence-corrected chi connectivity index (χ3v) is 13.1. The van der Waals surface area contributed by atoms with Crippen LogP contribution in [0.3, 0.4) is 0 Å². The summed E-state index contributed by atoms with van der Waals surface area (Å²) in [5.41, 5.74) is 15.4. The summed E-state index contributed by atoms with van der Waals surface area (Å²) in [6, 6.07) is 95.1. The standard InChI is InChI=1S/C64H43N/c1-3-15-44(16-4-1)50-20-13-21-51(43-50)45-29-36-52(37-30-45)65(54-40-33-49(34-41-54)63-55-22-8-7-19-47(55)35-42-57(63)46-17-5-2-6-18-46)53-38-31-48(32-39-53)56-27-14-28-62-60-24-10-9-23-58(60)59-25-11-12-26-61(59)64(56)62/h1-43H. The first kappa shape index (κ1) is 38.2. The molecule has 1 nitrogen and oxygen atoms in total. The van der Waals surface area contributed by atoms with Gasteiger partial charge in [0.25, 0.3) is 0 Å². The number of anilines is 3. The second-order valence-corrected chi connectivity index (χ2v) is 16.8. The minimum Gasteiger partial charge on any atom is -0.311 e. The maximum Gasteiger partial charge on any atom is 0.0462 e. The van der Waals surface area contributed by atoms with Gasteiger partial charge in [0.1, 0.15) is 0 Å². The Balaban J connectivity index is 0.975. The van der Waals surface area contributed by atoms with Crippen molar-refractivity contribution in [1.29, 1.82) is 0 Å². The van der Waals surface area contributed by atoms with Crippen molar-refractivity contribution in [1.82, 2.24) is 0 Å². The van der Waals surface area contributed by atoms with E-state index in [1.807, 2.05) is 0 Å². The third kappa shape index (κ3) is 6.92. The first-order chi connectivity index (χ1) is 32.2. The number of benzene rings is 12. The van der Waals surface area contributed by atoms with Crippen LogP contribution in [0.25, 0.3) is 98.7 Å². The molecule has 0 spiro atoms. The van der Waals surface area contributed by atoms with Crippen molar-refractivity contribution >= 4 is 60.2 Å². The van der Waals surface area contributed by atoms with E-state index in [1.54, 1.807) is 0 Å². The Morgan fingerprint density at radius 3 is 1.22 bits per heavy atom. The zero-order chi connectivity index (χ0) is 43.1. The Kier molecular flexibility index (Phi) is 9.58. The minimum atomic E-state index is 1.09. The smallest absolute Gasteiger partial charge is 0.0462 e. The molecule has 0 aliphatic heterocycles. The molecular weight excluding hydrogens is 783 g/mol. The lowest BCUT2D eigenvalue weighted by atomic mass is 9.89. The van der Waals surface area contributed by atoms with Gasteiger partial charge in [0.15, 0.2) is 0 Å². The molecule has 0 N–H and O–H groups in total. The normalized spacial score (nSPS) is 11.4. The molecule has 304 valence electrons. The van der Waals surface area contributed by atoms with Crippen molar-refractivity contribution < 1.29 is 0 Å². The highest BCUT2D eigenvalue weighted by Gasteiger charge is 2.18. The molecule has 0 unspecified atom stereocenters. The van der Waals surface area contributed by atoms with Crippen molar-refractivity contribution in [2.24, 2.45) is 0 Å². The average Bonchev–Trinajstić information content (AvgIpc) is 3.39. The van der Waals surface area contributed by atoms with E-state index in [2.05, 4.69) is 266 Å². The highest BCUT2D eigenvalue weighted by molar-refractivity contribution is 6.28. The highest BCUT2D eigenvalue weighted by Crippen LogP contribution is 2.44. The molecule has 0 fully saturated rings. The summed E-state index contributed by atoms with van der Waals surface area (Å²) in [7, 11) is 0. The fraction of sp³-hybridized carbons (Fsp3) is 0. The molecular formula is C64H43N. The lowest BCUT2D eigenvalue weighted by molar-refractivity contribution is 1.28. The van der Waals surface area contributed by atoms with Gasteiger partial charge in [-0.3, -0.25) is 0 Å². The summed E-state index contributed by atoms with van der Waals surface area (Å²) in [5, 5.41) is 10.2. The van der Waals surface area contributed by atoms with Gasteiger partial charge in [0.05, 0.1) is 0 Å². The van der Waals surface area contributed by atoms with Crippen LogP contribution in [0.1, 0.15) is 0 Å². The molecule has 0 aromatic heterocycles. The van der Waals surface area contributed by atoms with Crippen molar-refractivity contribution in [2.45, 2.75) is 0 Å². The summed E-state index contributed by atoms with van der Waals surface area (Å²) in [6.45, 7) is 0. The molecule has 12 aromatic rings. The van der Waals surface area contributed by atoms with Crippen LogP contribution in [-0.2, 0) is 0 Å². The van der Waals surface area contributed by atoms with Gasteiger partial charge in [-0.25, -0.2) is 0 Å². The molecule has 0 radical (unpaired) electrons. The SMILES string of the molecule is c1ccc(-c2cccc(-c3ccc(N(c4ccc(-c5c(-c6ccccc6)ccc6ccccc56)cc4)c4ccc(-c5cccc6c7ccccc7c7ccccc7c56)cc4)cc3)c2)cc1. The molecule has 0 saturated heterocycles. The minimum absolute atomic E-state index is 1.09. The van der Waals surface area contributed by atoms with Crippen LogP contribution in [0.5, 0.6) is 0 Å². The van der Waals surface area contributed by atoms with Gasteiger partial charge in [-0.05, 0) is 141 Å². The first-order valence-corrected chi connectivity index (χ1v) is 22.4. The van der Waals surface area contributed by atoms with Gasteiger partial charge >= 0.3 is 0 Å². The van der Waals surface area contributed by atoms with Gasteiger partial charge < -0.3 is 4.90 Å². The van der Waals surface area contributed by atoms with Crippen molar-refractivity contribution in [3.05, 3.63) is 261 Å². The fourth-order valence-electron chi connectivity index (χ4n) is 9.96. The van der Waals surface area contributed by atoms with Crippen LogP contribution in [0.4, 0.5) is 17.1 Å². The summed E-state index contributed by atoms with van der Waals surface area (Å²) in [4.78, 5) is 2.38. The Morgan fingerprint density at radius 2 is 0.615 bits per heavy atom. The van der Waals surface area contributed by atoms with Gasteiger partial charge in [-0.2, -0.15) is 0 Å². The largest absolute Gasteiger partial charge is 0.311 e. The van der Waals surface area contributed by atoms with E-state index in [4.69, 9.17) is 0 Å². The molecule has 12 rings (SSSR count). The van der Waals surface area contributed by atoms with Gasteiger partial charge in [-0.1, -0.05) is 218 Å². The van der Waals surface area contributed by atoms with E-state index in [0.717, 1.165) is 17.1 Å². The number of hydrogen-bond donors (Lipinski definition) is 0. The molecule has 12 aromatic carbocycles. The van der Waals surface area contributed by atoms with Gasteiger partial charge in [0, 0.05) is 17.1 Å². The van der Waals surface area contributed by atoms with Crippen LogP contribution in [0.2, 0.25) is 0 Å². The predicted octanol–water partition coefficient (Wildman–Crippen LogP) is 18.1. The number of rotatable bonds is 8. The average molecular weight is 826 g/mol. The topological polar surface area (TPSA) is 3.24 Å². The lowest BCUT2D eigenvalue weighted by Gasteiger charge is -2.26. The second kappa shape index (κ2) is 16.3. The molecule has 0 aliphatic rings. The van der Waals surface area contributed by atoms with E-state index < -0.39 is 0 Å². The quantitative estimate of drug-likeness (QED) is 0.138. The number of nitrogens with zero attached hydrogens (tertiary/aromatic N) is 1.